The Labute approximate surface area is 143 Å². The predicted molar refractivity (Wildman–Crippen MR) is 89.4 cm³/mol. The first-order valence-corrected chi connectivity index (χ1v) is 8.35. The summed E-state index contributed by atoms with van der Waals surface area (Å²) in [6.45, 7) is 6.26. The molecule has 0 unspecified atom stereocenters. The lowest BCUT2D eigenvalue weighted by atomic mass is 9.95. The summed E-state index contributed by atoms with van der Waals surface area (Å²) >= 11 is 2.15. The Hall–Kier alpha value is -1.32. The number of aromatic amines is 1. The molecule has 2 rings (SSSR count). The number of nitrogens with one attached hydrogen (secondary N) is 2. The Morgan fingerprint density at radius 1 is 1.55 bits per heavy atom. The number of hydrogen-bond donors (Lipinski definition) is 3. The summed E-state index contributed by atoms with van der Waals surface area (Å²) in [7, 11) is 0. The molecule has 1 aromatic heterocycles. The number of carbonyl (C=O) groups excluding carboxylic acids is 1. The highest BCUT2D eigenvalue weighted by atomic mass is 127. The van der Waals surface area contributed by atoms with E-state index < -0.39 is 17.7 Å². The topological polar surface area (TPSA) is 98.3 Å². The average molecular weight is 420 g/mol. The molecule has 0 radical (unpaired) electrons. The van der Waals surface area contributed by atoms with Crippen LogP contribution in [0.4, 0.5) is 4.79 Å². The van der Waals surface area contributed by atoms with Crippen LogP contribution in [0.5, 0.6) is 0 Å². The van der Waals surface area contributed by atoms with Gasteiger partial charge in [-0.1, -0.05) is 13.8 Å². The number of amides is 2. The number of aromatic nitrogens is 2. The van der Waals surface area contributed by atoms with Crippen molar-refractivity contribution in [3.05, 3.63) is 15.7 Å². The quantitative estimate of drug-likeness (QED) is 0.651. The van der Waals surface area contributed by atoms with E-state index in [9.17, 15) is 9.59 Å². The van der Waals surface area contributed by atoms with Crippen molar-refractivity contribution in [2.45, 2.75) is 45.2 Å². The normalized spacial score (nSPS) is 22.9. The summed E-state index contributed by atoms with van der Waals surface area (Å²) in [5.41, 5.74) is -0.520. The number of halogens is 1. The van der Waals surface area contributed by atoms with Gasteiger partial charge in [-0.3, -0.25) is 4.79 Å². The molecule has 7 nitrogen and oxygen atoms in total. The first-order chi connectivity index (χ1) is 10.3. The number of rotatable bonds is 4. The van der Waals surface area contributed by atoms with Crippen molar-refractivity contribution in [3.63, 3.8) is 0 Å². The molecule has 0 saturated carbocycles. The minimum atomic E-state index is -1.18. The molecule has 2 amide bonds. The van der Waals surface area contributed by atoms with Crippen LogP contribution in [-0.4, -0.2) is 44.6 Å². The molecule has 1 fully saturated rings. The number of imidazole rings is 1. The fourth-order valence-electron chi connectivity index (χ4n) is 2.95. The Bertz CT molecular complexity index is 574. The number of hydrogen-bond acceptors (Lipinski definition) is 3. The van der Waals surface area contributed by atoms with Crippen LogP contribution in [0.15, 0.2) is 6.20 Å². The maximum Gasteiger partial charge on any atom is 0.405 e. The molecule has 22 heavy (non-hydrogen) atoms. The van der Waals surface area contributed by atoms with Gasteiger partial charge in [0.15, 0.2) is 0 Å². The van der Waals surface area contributed by atoms with Crippen molar-refractivity contribution in [3.8, 4) is 0 Å². The van der Waals surface area contributed by atoms with Crippen LogP contribution in [0.1, 0.15) is 39.4 Å². The minimum Gasteiger partial charge on any atom is -0.465 e. The van der Waals surface area contributed by atoms with E-state index in [1.807, 2.05) is 20.8 Å². The van der Waals surface area contributed by atoms with Gasteiger partial charge in [-0.2, -0.15) is 0 Å². The third-order valence-electron chi connectivity index (χ3n) is 4.17. The van der Waals surface area contributed by atoms with Crippen LogP contribution in [0.2, 0.25) is 0 Å². The van der Waals surface area contributed by atoms with Crippen molar-refractivity contribution >= 4 is 34.6 Å². The van der Waals surface area contributed by atoms with Gasteiger partial charge < -0.3 is 20.3 Å². The van der Waals surface area contributed by atoms with Crippen LogP contribution in [0.3, 0.4) is 0 Å². The molecular weight excluding hydrogens is 399 g/mol. The van der Waals surface area contributed by atoms with Gasteiger partial charge >= 0.3 is 6.09 Å². The summed E-state index contributed by atoms with van der Waals surface area (Å²) in [5.74, 6) is 0.439. The van der Waals surface area contributed by atoms with Crippen LogP contribution in [-0.2, 0) is 10.3 Å². The summed E-state index contributed by atoms with van der Waals surface area (Å²) in [4.78, 5) is 33.2. The van der Waals surface area contributed by atoms with Crippen molar-refractivity contribution in [2.24, 2.45) is 5.92 Å². The fraction of sp³-hybridized carbons (Fsp3) is 0.643. The molecule has 1 aromatic rings. The Morgan fingerprint density at radius 3 is 2.73 bits per heavy atom. The third-order valence-corrected chi connectivity index (χ3v) is 4.72. The Kier molecular flexibility index (Phi) is 4.98. The monoisotopic (exact) mass is 420 g/mol. The van der Waals surface area contributed by atoms with Crippen molar-refractivity contribution in [1.29, 1.82) is 0 Å². The van der Waals surface area contributed by atoms with E-state index in [1.54, 1.807) is 11.1 Å². The van der Waals surface area contributed by atoms with Gasteiger partial charge in [0.1, 0.15) is 11.9 Å². The van der Waals surface area contributed by atoms with Crippen molar-refractivity contribution in [2.75, 3.05) is 6.54 Å². The molecule has 122 valence electrons. The first-order valence-electron chi connectivity index (χ1n) is 7.27. The molecule has 8 heteroatoms. The summed E-state index contributed by atoms with van der Waals surface area (Å²) in [5, 5.41) is 11.3. The molecule has 0 bridgehead atoms. The zero-order valence-electron chi connectivity index (χ0n) is 12.9. The first kappa shape index (κ1) is 17.0. The zero-order valence-corrected chi connectivity index (χ0v) is 15.0. The number of carbonyl (C=O) groups is 2. The molecular formula is C14H21IN4O3. The molecule has 0 aliphatic carbocycles. The molecule has 0 spiro atoms. The molecule has 0 aromatic carbocycles. The van der Waals surface area contributed by atoms with E-state index in [0.717, 1.165) is 22.4 Å². The smallest absolute Gasteiger partial charge is 0.405 e. The second-order valence-electron chi connectivity index (χ2n) is 6.12. The maximum absolute atomic E-state index is 12.9. The molecule has 2 heterocycles. The highest BCUT2D eigenvalue weighted by Crippen LogP contribution is 2.37. The zero-order chi connectivity index (χ0) is 16.5. The SMILES string of the molecule is CC(C)[C@H](NC(=O)O)C(=O)N1CCC[C@@]1(C)c1ncc(I)[nH]1. The van der Waals surface area contributed by atoms with Crippen molar-refractivity contribution < 1.29 is 14.7 Å². The third kappa shape index (κ3) is 3.21. The minimum absolute atomic E-state index is 0.120. The standard InChI is InChI=1S/C14H21IN4O3/c1-8(2)10(18-13(21)22)11(20)19-6-4-5-14(19,3)12-16-7-9(15)17-12/h7-8,10,18H,4-6H2,1-3H3,(H,16,17)(H,21,22)/t10-,14-/m0/s1. The lowest BCUT2D eigenvalue weighted by molar-refractivity contribution is -0.138. The van der Waals surface area contributed by atoms with E-state index >= 15 is 0 Å². The maximum atomic E-state index is 12.9. The van der Waals surface area contributed by atoms with Crippen molar-refractivity contribution in [1.82, 2.24) is 20.2 Å². The number of likely N-dealkylation sites (tertiary alicyclic amines) is 1. The van der Waals surface area contributed by atoms with Gasteiger partial charge in [-0.15, -0.1) is 0 Å². The molecule has 2 atom stereocenters. The number of carboxylic acid groups (broad SMARTS) is 1. The van der Waals surface area contributed by atoms with E-state index in [1.165, 1.54) is 0 Å². The Morgan fingerprint density at radius 2 is 2.23 bits per heavy atom. The van der Waals surface area contributed by atoms with Crippen LogP contribution in [0.25, 0.3) is 0 Å². The van der Waals surface area contributed by atoms with E-state index in [2.05, 4.69) is 37.9 Å². The van der Waals surface area contributed by atoms with Gasteiger partial charge in [-0.25, -0.2) is 9.78 Å². The van der Waals surface area contributed by atoms with E-state index in [-0.39, 0.29) is 11.8 Å². The highest BCUT2D eigenvalue weighted by Gasteiger charge is 2.45. The highest BCUT2D eigenvalue weighted by molar-refractivity contribution is 14.1. The summed E-state index contributed by atoms with van der Waals surface area (Å²) in [6, 6.07) is -0.746. The Balaban J connectivity index is 2.29. The summed E-state index contributed by atoms with van der Waals surface area (Å²) in [6.07, 6.45) is 2.23. The van der Waals surface area contributed by atoms with Gasteiger partial charge in [0.05, 0.1) is 15.4 Å². The fourth-order valence-corrected chi connectivity index (χ4v) is 3.34. The van der Waals surface area contributed by atoms with Crippen LogP contribution in [0, 0.1) is 9.62 Å². The molecule has 3 N–H and O–H groups in total. The van der Waals surface area contributed by atoms with Gasteiger partial charge in [0, 0.05) is 6.54 Å². The van der Waals surface area contributed by atoms with Gasteiger partial charge in [0.2, 0.25) is 5.91 Å². The second kappa shape index (κ2) is 6.43. The van der Waals surface area contributed by atoms with Crippen LogP contribution < -0.4 is 5.32 Å². The molecule has 1 saturated heterocycles. The van der Waals surface area contributed by atoms with E-state index in [4.69, 9.17) is 5.11 Å². The number of nitrogens with zero attached hydrogens (tertiary/aromatic N) is 2. The molecule has 1 aliphatic rings. The van der Waals surface area contributed by atoms with Gasteiger partial charge in [0.25, 0.3) is 0 Å². The molecule has 1 aliphatic heterocycles. The van der Waals surface area contributed by atoms with Gasteiger partial charge in [-0.05, 0) is 48.3 Å². The average Bonchev–Trinajstić information content (AvgIpc) is 3.02. The lowest BCUT2D eigenvalue weighted by Gasteiger charge is -2.36. The van der Waals surface area contributed by atoms with Crippen LogP contribution >= 0.6 is 22.6 Å². The summed E-state index contributed by atoms with van der Waals surface area (Å²) < 4.78 is 0.914. The van der Waals surface area contributed by atoms with E-state index in [0.29, 0.717) is 6.54 Å². The number of H-pyrrole nitrogens is 1. The lowest BCUT2D eigenvalue weighted by Crippen LogP contribution is -2.54. The largest absolute Gasteiger partial charge is 0.465 e. The second-order valence-corrected chi connectivity index (χ2v) is 7.28. The predicted octanol–water partition coefficient (Wildman–Crippen LogP) is 2.14.